The standard InChI is InChI=1S/C19H25N3O2S2/c1-4-24-18(23)15-7-9-16(10-8-15)20-19(25)22(12-11-21(2)3)14-17-6-5-13-26-17/h5-10,13H,4,11-12,14H2,1-3H3,(H,20,25)/p+1. The Bertz CT molecular complexity index is 700. The molecule has 0 aliphatic heterocycles. The average Bonchev–Trinajstić information content (AvgIpc) is 3.12. The molecule has 2 rings (SSSR count). The number of carbonyl (C=O) groups excluding carboxylic acids is 1. The van der Waals surface area contributed by atoms with Crippen molar-refractivity contribution in [2.45, 2.75) is 13.5 Å². The highest BCUT2D eigenvalue weighted by Gasteiger charge is 2.13. The Kier molecular flexibility index (Phi) is 8.03. The van der Waals surface area contributed by atoms with Crippen LogP contribution in [0.4, 0.5) is 5.69 Å². The maximum Gasteiger partial charge on any atom is 0.338 e. The number of nitrogens with one attached hydrogen (secondary N) is 2. The molecule has 0 unspecified atom stereocenters. The number of thiophene rings is 1. The maximum atomic E-state index is 11.7. The predicted molar refractivity (Wildman–Crippen MR) is 111 cm³/mol. The first-order valence-corrected chi connectivity index (χ1v) is 9.93. The van der Waals surface area contributed by atoms with E-state index in [4.69, 9.17) is 17.0 Å². The van der Waals surface area contributed by atoms with Gasteiger partial charge in [0.25, 0.3) is 0 Å². The van der Waals surface area contributed by atoms with Crippen LogP contribution in [-0.4, -0.2) is 49.8 Å². The maximum absolute atomic E-state index is 11.7. The van der Waals surface area contributed by atoms with Gasteiger partial charge in [-0.15, -0.1) is 11.3 Å². The van der Waals surface area contributed by atoms with Crippen LogP contribution in [0.1, 0.15) is 22.2 Å². The topological polar surface area (TPSA) is 46.0 Å². The van der Waals surface area contributed by atoms with Gasteiger partial charge in [0, 0.05) is 10.6 Å². The summed E-state index contributed by atoms with van der Waals surface area (Å²) in [5.74, 6) is -0.310. The highest BCUT2D eigenvalue weighted by molar-refractivity contribution is 7.80. The van der Waals surface area contributed by atoms with E-state index in [-0.39, 0.29) is 5.97 Å². The Morgan fingerprint density at radius 1 is 1.27 bits per heavy atom. The number of carbonyl (C=O) groups is 1. The van der Waals surface area contributed by atoms with Crippen molar-refractivity contribution in [2.75, 3.05) is 39.1 Å². The van der Waals surface area contributed by atoms with Crippen molar-refractivity contribution in [1.29, 1.82) is 0 Å². The second-order valence-electron chi connectivity index (χ2n) is 6.19. The lowest BCUT2D eigenvalue weighted by Crippen LogP contribution is -3.06. The van der Waals surface area contributed by atoms with E-state index in [2.05, 4.69) is 41.8 Å². The van der Waals surface area contributed by atoms with Crippen LogP contribution in [0.3, 0.4) is 0 Å². The van der Waals surface area contributed by atoms with Crippen molar-refractivity contribution in [3.05, 3.63) is 52.2 Å². The van der Waals surface area contributed by atoms with Crippen LogP contribution in [0.15, 0.2) is 41.8 Å². The van der Waals surface area contributed by atoms with E-state index in [1.54, 1.807) is 30.4 Å². The molecule has 0 fully saturated rings. The minimum absolute atomic E-state index is 0.310. The van der Waals surface area contributed by atoms with E-state index in [0.717, 1.165) is 25.3 Å². The van der Waals surface area contributed by atoms with Crippen LogP contribution in [0.2, 0.25) is 0 Å². The molecule has 5 nitrogen and oxygen atoms in total. The molecule has 0 spiro atoms. The minimum atomic E-state index is -0.310. The lowest BCUT2D eigenvalue weighted by Gasteiger charge is -2.26. The van der Waals surface area contributed by atoms with Gasteiger partial charge in [-0.3, -0.25) is 0 Å². The Morgan fingerprint density at radius 2 is 2.00 bits per heavy atom. The van der Waals surface area contributed by atoms with E-state index in [1.165, 1.54) is 9.78 Å². The first kappa shape index (κ1) is 20.4. The third-order valence-electron chi connectivity index (χ3n) is 3.74. The minimum Gasteiger partial charge on any atom is -0.462 e. The molecule has 1 heterocycles. The monoisotopic (exact) mass is 392 g/mol. The molecule has 0 saturated heterocycles. The summed E-state index contributed by atoms with van der Waals surface area (Å²) in [6.07, 6.45) is 0. The summed E-state index contributed by atoms with van der Waals surface area (Å²) in [5, 5.41) is 6.04. The number of nitrogens with zero attached hydrogens (tertiary/aromatic N) is 1. The van der Waals surface area contributed by atoms with Gasteiger partial charge in [-0.2, -0.15) is 0 Å². The number of thiocarbonyl (C=S) groups is 1. The summed E-state index contributed by atoms with van der Waals surface area (Å²) in [5.41, 5.74) is 1.39. The zero-order valence-corrected chi connectivity index (χ0v) is 17.1. The summed E-state index contributed by atoms with van der Waals surface area (Å²) in [4.78, 5) is 16.6. The van der Waals surface area contributed by atoms with Crippen molar-refractivity contribution >= 4 is 40.3 Å². The van der Waals surface area contributed by atoms with Crippen LogP contribution in [0, 0.1) is 0 Å². The van der Waals surface area contributed by atoms with E-state index in [9.17, 15) is 4.79 Å². The number of quaternary nitrogens is 1. The largest absolute Gasteiger partial charge is 0.462 e. The van der Waals surface area contributed by atoms with Crippen LogP contribution < -0.4 is 10.2 Å². The van der Waals surface area contributed by atoms with Crippen LogP contribution in [0.25, 0.3) is 0 Å². The smallest absolute Gasteiger partial charge is 0.338 e. The van der Waals surface area contributed by atoms with Crippen molar-refractivity contribution in [2.24, 2.45) is 0 Å². The van der Waals surface area contributed by atoms with E-state index in [1.807, 2.05) is 12.1 Å². The third kappa shape index (κ3) is 6.40. The van der Waals surface area contributed by atoms with E-state index < -0.39 is 0 Å². The first-order valence-electron chi connectivity index (χ1n) is 8.64. The highest BCUT2D eigenvalue weighted by atomic mass is 32.1. The molecule has 1 aromatic heterocycles. The summed E-state index contributed by atoms with van der Waals surface area (Å²) >= 11 is 7.36. The van der Waals surface area contributed by atoms with Gasteiger partial charge in [-0.1, -0.05) is 6.07 Å². The van der Waals surface area contributed by atoms with Gasteiger partial charge >= 0.3 is 5.97 Å². The second kappa shape index (κ2) is 10.3. The lowest BCUT2D eigenvalue weighted by molar-refractivity contribution is -0.857. The lowest BCUT2D eigenvalue weighted by atomic mass is 10.2. The molecule has 140 valence electrons. The zero-order valence-electron chi connectivity index (χ0n) is 15.5. The van der Waals surface area contributed by atoms with Gasteiger partial charge in [0.05, 0.1) is 45.9 Å². The number of likely N-dealkylation sites (N-methyl/N-ethyl adjacent to an activating group) is 1. The van der Waals surface area contributed by atoms with Gasteiger partial charge < -0.3 is 19.9 Å². The fourth-order valence-electron chi connectivity index (χ4n) is 2.31. The molecule has 7 heteroatoms. The van der Waals surface area contributed by atoms with Crippen molar-refractivity contribution in [3.8, 4) is 0 Å². The fraction of sp³-hybridized carbons (Fsp3) is 0.368. The molecule has 0 aliphatic carbocycles. The van der Waals surface area contributed by atoms with Crippen LogP contribution >= 0.6 is 23.6 Å². The Balaban J connectivity index is 2.01. The summed E-state index contributed by atoms with van der Waals surface area (Å²) < 4.78 is 5.01. The van der Waals surface area contributed by atoms with E-state index >= 15 is 0 Å². The average molecular weight is 393 g/mol. The molecule has 0 bridgehead atoms. The Labute approximate surface area is 164 Å². The van der Waals surface area contributed by atoms with E-state index in [0.29, 0.717) is 17.3 Å². The van der Waals surface area contributed by atoms with Crippen molar-refractivity contribution in [1.82, 2.24) is 4.90 Å². The molecule has 2 N–H and O–H groups in total. The van der Waals surface area contributed by atoms with Crippen LogP contribution in [0.5, 0.6) is 0 Å². The highest BCUT2D eigenvalue weighted by Crippen LogP contribution is 2.15. The number of benzene rings is 1. The summed E-state index contributed by atoms with van der Waals surface area (Å²) in [6.45, 7) is 4.82. The zero-order chi connectivity index (χ0) is 18.9. The molecule has 2 aromatic rings. The number of esters is 1. The molecule has 0 radical (unpaired) electrons. The fourth-order valence-corrected chi connectivity index (χ4v) is 3.30. The Morgan fingerprint density at radius 3 is 2.58 bits per heavy atom. The molecular weight excluding hydrogens is 366 g/mol. The molecule has 0 amide bonds. The summed E-state index contributed by atoms with van der Waals surface area (Å²) in [7, 11) is 4.27. The van der Waals surface area contributed by atoms with Crippen molar-refractivity contribution < 1.29 is 14.4 Å². The van der Waals surface area contributed by atoms with Gasteiger partial charge in [-0.05, 0) is 54.9 Å². The number of hydrogen-bond acceptors (Lipinski definition) is 4. The number of anilines is 1. The summed E-state index contributed by atoms with van der Waals surface area (Å²) in [6, 6.07) is 11.4. The van der Waals surface area contributed by atoms with Crippen LogP contribution in [-0.2, 0) is 11.3 Å². The normalized spacial score (nSPS) is 10.6. The SMILES string of the molecule is CCOC(=O)c1ccc(NC(=S)N(CC[NH+](C)C)Cc2cccs2)cc1. The molecular formula is C19H26N3O2S2+. The van der Waals surface area contributed by atoms with Gasteiger partial charge in [-0.25, -0.2) is 4.79 Å². The predicted octanol–water partition coefficient (Wildman–Crippen LogP) is 2.27. The van der Waals surface area contributed by atoms with Gasteiger partial charge in [0.15, 0.2) is 5.11 Å². The quantitative estimate of drug-likeness (QED) is 0.533. The van der Waals surface area contributed by atoms with Gasteiger partial charge in [0.2, 0.25) is 0 Å². The molecule has 26 heavy (non-hydrogen) atoms. The second-order valence-corrected chi connectivity index (χ2v) is 7.60. The third-order valence-corrected chi connectivity index (χ3v) is 4.96. The van der Waals surface area contributed by atoms with Crippen molar-refractivity contribution in [3.63, 3.8) is 0 Å². The molecule has 0 saturated carbocycles. The number of rotatable bonds is 8. The molecule has 1 aromatic carbocycles. The van der Waals surface area contributed by atoms with Gasteiger partial charge in [0.1, 0.15) is 0 Å². The molecule has 0 atom stereocenters. The first-order chi connectivity index (χ1) is 12.5. The Hall–Kier alpha value is -1.96. The number of ether oxygens (including phenoxy) is 1. The number of hydrogen-bond donors (Lipinski definition) is 2. The molecule has 0 aliphatic rings.